The van der Waals surface area contributed by atoms with E-state index in [1.165, 1.54) is 10.9 Å². The number of hydrogen-bond donors (Lipinski definition) is 0. The molecule has 0 fully saturated rings. The maximum atomic E-state index is 13.0. The molecule has 0 saturated heterocycles. The Morgan fingerprint density at radius 3 is 2.54 bits per heavy atom. The van der Waals surface area contributed by atoms with Crippen LogP contribution in [0.15, 0.2) is 48.2 Å². The highest BCUT2D eigenvalue weighted by molar-refractivity contribution is 6.13. The number of carbonyl (C=O) groups is 1. The number of fused-ring (bicyclic) bond motifs is 2. The lowest BCUT2D eigenvalue weighted by Crippen LogP contribution is -2.14. The van der Waals surface area contributed by atoms with Gasteiger partial charge in [-0.15, -0.1) is 0 Å². The summed E-state index contributed by atoms with van der Waals surface area (Å²) in [5, 5.41) is 1.18. The van der Waals surface area contributed by atoms with Crippen LogP contribution in [-0.2, 0) is 13.5 Å². The molecule has 1 heterocycles. The molecular formula is C22H21NO3. The fourth-order valence-corrected chi connectivity index (χ4v) is 3.62. The van der Waals surface area contributed by atoms with Gasteiger partial charge in [0, 0.05) is 35.3 Å². The monoisotopic (exact) mass is 347 g/mol. The minimum Gasteiger partial charge on any atom is -0.493 e. The number of ketones is 1. The number of carbonyl (C=O) groups excluding carboxylic acids is 1. The molecule has 2 aromatic carbocycles. The summed E-state index contributed by atoms with van der Waals surface area (Å²) >= 11 is 0. The average Bonchev–Trinajstić information content (AvgIpc) is 3.03. The van der Waals surface area contributed by atoms with E-state index < -0.39 is 0 Å². The van der Waals surface area contributed by atoms with Crippen LogP contribution in [0.3, 0.4) is 0 Å². The molecule has 0 unspecified atom stereocenters. The Hall–Kier alpha value is -3.01. The number of aromatic nitrogens is 1. The van der Waals surface area contributed by atoms with E-state index in [2.05, 4.69) is 28.8 Å². The molecule has 132 valence electrons. The van der Waals surface area contributed by atoms with Crippen molar-refractivity contribution in [1.29, 1.82) is 0 Å². The number of benzene rings is 2. The first-order valence-electron chi connectivity index (χ1n) is 8.66. The zero-order valence-electron chi connectivity index (χ0n) is 15.2. The maximum absolute atomic E-state index is 13.0. The van der Waals surface area contributed by atoms with Crippen molar-refractivity contribution in [2.24, 2.45) is 7.05 Å². The first-order valence-corrected chi connectivity index (χ1v) is 8.66. The molecule has 0 bridgehead atoms. The molecule has 4 nitrogen and oxygen atoms in total. The first-order chi connectivity index (χ1) is 12.6. The SMILES string of the molecule is COc1cc2c(cc1OC)C(=O)/C(=C/c1ccc3c(ccn3C)c1)CC2. The Balaban J connectivity index is 1.72. The molecule has 0 spiro atoms. The van der Waals surface area contributed by atoms with Gasteiger partial charge in [-0.25, -0.2) is 0 Å². The van der Waals surface area contributed by atoms with E-state index in [9.17, 15) is 4.79 Å². The van der Waals surface area contributed by atoms with Crippen molar-refractivity contribution in [2.75, 3.05) is 14.2 Å². The van der Waals surface area contributed by atoms with Gasteiger partial charge >= 0.3 is 0 Å². The Bertz CT molecular complexity index is 1040. The number of rotatable bonds is 3. The number of ether oxygens (including phenoxy) is 2. The van der Waals surface area contributed by atoms with Gasteiger partial charge in [0.25, 0.3) is 0 Å². The van der Waals surface area contributed by atoms with Crippen LogP contribution in [0.25, 0.3) is 17.0 Å². The van der Waals surface area contributed by atoms with Crippen LogP contribution in [0, 0.1) is 0 Å². The fourth-order valence-electron chi connectivity index (χ4n) is 3.62. The van der Waals surface area contributed by atoms with E-state index in [0.29, 0.717) is 17.1 Å². The lowest BCUT2D eigenvalue weighted by molar-refractivity contribution is 0.102. The van der Waals surface area contributed by atoms with Crippen molar-refractivity contribution in [2.45, 2.75) is 12.8 Å². The summed E-state index contributed by atoms with van der Waals surface area (Å²) in [7, 11) is 5.23. The first kappa shape index (κ1) is 16.5. The van der Waals surface area contributed by atoms with Crippen LogP contribution in [0.1, 0.15) is 27.9 Å². The van der Waals surface area contributed by atoms with Crippen LogP contribution in [0.2, 0.25) is 0 Å². The largest absolute Gasteiger partial charge is 0.493 e. The zero-order chi connectivity index (χ0) is 18.3. The fraction of sp³-hybridized carbons (Fsp3) is 0.227. The highest BCUT2D eigenvalue weighted by Crippen LogP contribution is 2.36. The standard InChI is InChI=1S/C22H21NO3/c1-23-9-8-16-10-14(4-7-19(16)23)11-17-6-5-15-12-20(25-2)21(26-3)13-18(15)22(17)24/h4,7-13H,5-6H2,1-3H3/b17-11+. The van der Waals surface area contributed by atoms with Gasteiger partial charge < -0.3 is 14.0 Å². The van der Waals surface area contributed by atoms with Crippen molar-refractivity contribution < 1.29 is 14.3 Å². The Labute approximate surface area is 152 Å². The molecule has 1 aliphatic rings. The van der Waals surface area contributed by atoms with Gasteiger partial charge in [-0.05, 0) is 60.4 Å². The van der Waals surface area contributed by atoms with Gasteiger partial charge in [0.1, 0.15) is 0 Å². The molecule has 4 heteroatoms. The van der Waals surface area contributed by atoms with Crippen molar-refractivity contribution in [3.05, 3.63) is 64.9 Å². The summed E-state index contributed by atoms with van der Waals surface area (Å²) in [4.78, 5) is 13.0. The van der Waals surface area contributed by atoms with E-state index in [4.69, 9.17) is 9.47 Å². The number of hydrogen-bond acceptors (Lipinski definition) is 3. The van der Waals surface area contributed by atoms with Gasteiger partial charge in [-0.3, -0.25) is 4.79 Å². The van der Waals surface area contributed by atoms with E-state index >= 15 is 0 Å². The second kappa shape index (κ2) is 6.37. The van der Waals surface area contributed by atoms with E-state index in [-0.39, 0.29) is 5.78 Å². The summed E-state index contributed by atoms with van der Waals surface area (Å²) in [6.07, 6.45) is 5.60. The molecule has 1 aromatic heterocycles. The number of methoxy groups -OCH3 is 2. The third kappa shape index (κ3) is 2.68. The molecule has 0 aliphatic heterocycles. The van der Waals surface area contributed by atoms with Crippen molar-refractivity contribution >= 4 is 22.8 Å². The highest BCUT2D eigenvalue weighted by Gasteiger charge is 2.24. The molecule has 0 saturated carbocycles. The van der Waals surface area contributed by atoms with E-state index in [1.807, 2.05) is 25.4 Å². The second-order valence-corrected chi connectivity index (χ2v) is 6.61. The molecule has 4 rings (SSSR count). The minimum absolute atomic E-state index is 0.0698. The predicted molar refractivity (Wildman–Crippen MR) is 103 cm³/mol. The number of nitrogens with zero attached hydrogens (tertiary/aromatic N) is 1. The molecule has 3 aromatic rings. The summed E-state index contributed by atoms with van der Waals surface area (Å²) in [6.45, 7) is 0. The van der Waals surface area contributed by atoms with Gasteiger partial charge in [-0.2, -0.15) is 0 Å². The van der Waals surface area contributed by atoms with Crippen molar-refractivity contribution in [3.8, 4) is 11.5 Å². The van der Waals surface area contributed by atoms with Gasteiger partial charge in [0.05, 0.1) is 14.2 Å². The van der Waals surface area contributed by atoms with Gasteiger partial charge in [0.2, 0.25) is 0 Å². The molecule has 26 heavy (non-hydrogen) atoms. The molecule has 0 atom stereocenters. The Morgan fingerprint density at radius 2 is 1.77 bits per heavy atom. The minimum atomic E-state index is 0.0698. The van der Waals surface area contributed by atoms with Crippen LogP contribution >= 0.6 is 0 Å². The molecule has 0 radical (unpaired) electrons. The van der Waals surface area contributed by atoms with Crippen LogP contribution in [0.5, 0.6) is 11.5 Å². The summed E-state index contributed by atoms with van der Waals surface area (Å²) in [5.41, 5.74) is 4.80. The Morgan fingerprint density at radius 1 is 1.00 bits per heavy atom. The van der Waals surface area contributed by atoms with E-state index in [1.54, 1.807) is 20.3 Å². The molecule has 0 amide bonds. The lowest BCUT2D eigenvalue weighted by atomic mass is 9.85. The van der Waals surface area contributed by atoms with Gasteiger partial charge in [0.15, 0.2) is 17.3 Å². The predicted octanol–water partition coefficient (Wildman–Crippen LogP) is 4.41. The lowest BCUT2D eigenvalue weighted by Gasteiger charge is -2.20. The second-order valence-electron chi connectivity index (χ2n) is 6.61. The highest BCUT2D eigenvalue weighted by atomic mass is 16.5. The number of Topliss-reactive ketones (excluding diaryl/α,β-unsaturated/α-hetero) is 1. The number of aryl methyl sites for hydroxylation is 2. The molecule has 1 aliphatic carbocycles. The topological polar surface area (TPSA) is 40.5 Å². The van der Waals surface area contributed by atoms with E-state index in [0.717, 1.165) is 29.5 Å². The third-order valence-electron chi connectivity index (χ3n) is 5.06. The third-order valence-corrected chi connectivity index (χ3v) is 5.06. The molecule has 0 N–H and O–H groups in total. The summed E-state index contributed by atoms with van der Waals surface area (Å²) in [6, 6.07) is 12.1. The number of allylic oxidation sites excluding steroid dienone is 1. The van der Waals surface area contributed by atoms with Crippen LogP contribution in [0.4, 0.5) is 0 Å². The normalized spacial score (nSPS) is 15.3. The summed E-state index contributed by atoms with van der Waals surface area (Å²) in [5.74, 6) is 1.33. The molecular weight excluding hydrogens is 326 g/mol. The van der Waals surface area contributed by atoms with Gasteiger partial charge in [-0.1, -0.05) is 6.07 Å². The van der Waals surface area contributed by atoms with Crippen LogP contribution < -0.4 is 9.47 Å². The summed E-state index contributed by atoms with van der Waals surface area (Å²) < 4.78 is 12.8. The quantitative estimate of drug-likeness (QED) is 0.659. The van der Waals surface area contributed by atoms with Crippen molar-refractivity contribution in [3.63, 3.8) is 0 Å². The Kier molecular flexibility index (Phi) is 4.03. The zero-order valence-corrected chi connectivity index (χ0v) is 15.2. The maximum Gasteiger partial charge on any atom is 0.189 e. The van der Waals surface area contributed by atoms with Crippen molar-refractivity contribution in [1.82, 2.24) is 4.57 Å². The average molecular weight is 347 g/mol. The van der Waals surface area contributed by atoms with Crippen LogP contribution in [-0.4, -0.2) is 24.6 Å². The smallest absolute Gasteiger partial charge is 0.189 e.